The first kappa shape index (κ1) is 20.7. The maximum atomic E-state index is 12.5. The van der Waals surface area contributed by atoms with Crippen LogP contribution in [-0.4, -0.2) is 33.4 Å². The summed E-state index contributed by atoms with van der Waals surface area (Å²) in [5.74, 6) is 0.0742. The summed E-state index contributed by atoms with van der Waals surface area (Å²) in [5, 5.41) is 20.7. The van der Waals surface area contributed by atoms with E-state index >= 15 is 0 Å². The SMILES string of the molecule is CCCNC(=O)n1nc(-c2ccc(NC(=O)c3ccccc3C)cc2O)cc1C1CC1. The molecule has 3 aromatic rings. The number of aryl methyl sites for hydroxylation is 1. The highest BCUT2D eigenvalue weighted by atomic mass is 16.3. The van der Waals surface area contributed by atoms with Crippen LogP contribution < -0.4 is 10.6 Å². The fourth-order valence-electron chi connectivity index (χ4n) is 3.52. The molecule has 1 aliphatic carbocycles. The van der Waals surface area contributed by atoms with E-state index in [9.17, 15) is 14.7 Å². The maximum absolute atomic E-state index is 12.5. The third-order valence-corrected chi connectivity index (χ3v) is 5.37. The van der Waals surface area contributed by atoms with Crippen molar-refractivity contribution in [2.45, 2.75) is 39.0 Å². The molecular formula is C24H26N4O3. The molecule has 3 N–H and O–H groups in total. The van der Waals surface area contributed by atoms with Crippen LogP contribution in [0.4, 0.5) is 10.5 Å². The van der Waals surface area contributed by atoms with E-state index < -0.39 is 0 Å². The number of nitrogens with one attached hydrogen (secondary N) is 2. The standard InChI is InChI=1S/C24H26N4O3/c1-3-12-25-24(31)28-21(16-8-9-16)14-20(27-28)19-11-10-17(13-22(19)29)26-23(30)18-7-5-4-6-15(18)2/h4-7,10-11,13-14,16,29H,3,8-9,12H2,1-2H3,(H,25,31)(H,26,30). The Balaban J connectivity index is 1.58. The molecule has 2 aromatic carbocycles. The molecule has 160 valence electrons. The number of hydrogen-bond acceptors (Lipinski definition) is 4. The lowest BCUT2D eigenvalue weighted by molar-refractivity contribution is 0.102. The number of carbonyl (C=O) groups is 2. The minimum Gasteiger partial charge on any atom is -0.507 e. The fraction of sp³-hybridized carbons (Fsp3) is 0.292. The van der Waals surface area contributed by atoms with Crippen LogP contribution in [0.3, 0.4) is 0 Å². The molecule has 0 unspecified atom stereocenters. The number of rotatable bonds is 6. The molecule has 1 fully saturated rings. The van der Waals surface area contributed by atoms with E-state index in [0.717, 1.165) is 30.5 Å². The van der Waals surface area contributed by atoms with Gasteiger partial charge in [-0.2, -0.15) is 9.78 Å². The lowest BCUT2D eigenvalue weighted by atomic mass is 10.1. The van der Waals surface area contributed by atoms with Gasteiger partial charge in [0.25, 0.3) is 5.91 Å². The summed E-state index contributed by atoms with van der Waals surface area (Å²) in [6.07, 6.45) is 2.90. The Morgan fingerprint density at radius 3 is 2.61 bits per heavy atom. The van der Waals surface area contributed by atoms with Crippen molar-refractivity contribution in [3.63, 3.8) is 0 Å². The lowest BCUT2D eigenvalue weighted by Gasteiger charge is -2.09. The van der Waals surface area contributed by atoms with E-state index in [4.69, 9.17) is 0 Å². The van der Waals surface area contributed by atoms with Crippen LogP contribution in [0.1, 0.15) is 53.7 Å². The number of carbonyl (C=O) groups excluding carboxylic acids is 2. The average molecular weight is 418 g/mol. The van der Waals surface area contributed by atoms with Crippen LogP contribution >= 0.6 is 0 Å². The van der Waals surface area contributed by atoms with Crippen molar-refractivity contribution >= 4 is 17.6 Å². The van der Waals surface area contributed by atoms with Gasteiger partial charge < -0.3 is 15.7 Å². The smallest absolute Gasteiger partial charge is 0.342 e. The van der Waals surface area contributed by atoms with Crippen molar-refractivity contribution < 1.29 is 14.7 Å². The highest BCUT2D eigenvalue weighted by Gasteiger charge is 2.30. The molecule has 0 spiro atoms. The van der Waals surface area contributed by atoms with E-state index in [0.29, 0.717) is 35.0 Å². The van der Waals surface area contributed by atoms with Gasteiger partial charge in [-0.25, -0.2) is 4.79 Å². The van der Waals surface area contributed by atoms with Gasteiger partial charge in [-0.1, -0.05) is 25.1 Å². The number of nitrogens with zero attached hydrogens (tertiary/aromatic N) is 2. The van der Waals surface area contributed by atoms with Crippen molar-refractivity contribution in [2.24, 2.45) is 0 Å². The zero-order valence-corrected chi connectivity index (χ0v) is 17.7. The molecule has 1 aliphatic rings. The van der Waals surface area contributed by atoms with Crippen molar-refractivity contribution in [3.8, 4) is 17.0 Å². The molecule has 1 aromatic heterocycles. The highest BCUT2D eigenvalue weighted by molar-refractivity contribution is 6.05. The molecule has 4 rings (SSSR count). The third kappa shape index (κ3) is 4.45. The second kappa shape index (κ2) is 8.63. The molecule has 1 heterocycles. The van der Waals surface area contributed by atoms with Crippen molar-refractivity contribution in [1.29, 1.82) is 0 Å². The predicted octanol–water partition coefficient (Wildman–Crippen LogP) is 4.66. The summed E-state index contributed by atoms with van der Waals surface area (Å²) in [7, 11) is 0. The Kier molecular flexibility index (Phi) is 5.75. The molecule has 0 aliphatic heterocycles. The van der Waals surface area contributed by atoms with Gasteiger partial charge >= 0.3 is 6.03 Å². The summed E-state index contributed by atoms with van der Waals surface area (Å²) in [4.78, 5) is 25.0. The molecule has 0 saturated heterocycles. The van der Waals surface area contributed by atoms with Crippen molar-refractivity contribution in [3.05, 3.63) is 65.4 Å². The van der Waals surface area contributed by atoms with Crippen LogP contribution in [-0.2, 0) is 0 Å². The van der Waals surface area contributed by atoms with E-state index in [2.05, 4.69) is 15.7 Å². The summed E-state index contributed by atoms with van der Waals surface area (Å²) in [5.41, 5.74) is 3.84. The monoisotopic (exact) mass is 418 g/mol. The van der Waals surface area contributed by atoms with Crippen molar-refractivity contribution in [2.75, 3.05) is 11.9 Å². The Labute approximate surface area is 181 Å². The van der Waals surface area contributed by atoms with Gasteiger partial charge in [0.2, 0.25) is 0 Å². The second-order valence-electron chi connectivity index (χ2n) is 7.87. The molecule has 2 amide bonds. The number of phenolic OH excluding ortho intramolecular Hbond substituents is 1. The number of anilines is 1. The molecule has 0 atom stereocenters. The highest BCUT2D eigenvalue weighted by Crippen LogP contribution is 2.42. The maximum Gasteiger partial charge on any atom is 0.342 e. The number of amides is 2. The number of aromatic hydroxyl groups is 1. The Hall–Kier alpha value is -3.61. The minimum atomic E-state index is -0.253. The largest absolute Gasteiger partial charge is 0.507 e. The van der Waals surface area contributed by atoms with Crippen LogP contribution in [0, 0.1) is 6.92 Å². The van der Waals surface area contributed by atoms with Crippen LogP contribution in [0.5, 0.6) is 5.75 Å². The summed E-state index contributed by atoms with van der Waals surface area (Å²) in [6.45, 7) is 4.45. The number of benzene rings is 2. The normalized spacial score (nSPS) is 13.1. The van der Waals surface area contributed by atoms with Gasteiger partial charge in [0.15, 0.2) is 0 Å². The van der Waals surface area contributed by atoms with Gasteiger partial charge in [0, 0.05) is 35.3 Å². The quantitative estimate of drug-likeness (QED) is 0.542. The first-order valence-corrected chi connectivity index (χ1v) is 10.6. The lowest BCUT2D eigenvalue weighted by Crippen LogP contribution is -2.31. The van der Waals surface area contributed by atoms with E-state index in [-0.39, 0.29) is 17.7 Å². The topological polar surface area (TPSA) is 96.3 Å². The molecule has 31 heavy (non-hydrogen) atoms. The summed E-state index contributed by atoms with van der Waals surface area (Å²) >= 11 is 0. The van der Waals surface area contributed by atoms with Gasteiger partial charge in [-0.3, -0.25) is 4.79 Å². The molecule has 1 saturated carbocycles. The summed E-state index contributed by atoms with van der Waals surface area (Å²) in [6, 6.07) is 13.9. The Bertz CT molecular complexity index is 1130. The average Bonchev–Trinajstić information content (AvgIpc) is 3.51. The second-order valence-corrected chi connectivity index (χ2v) is 7.87. The Morgan fingerprint density at radius 2 is 1.94 bits per heavy atom. The third-order valence-electron chi connectivity index (χ3n) is 5.37. The first-order valence-electron chi connectivity index (χ1n) is 10.6. The fourth-order valence-corrected chi connectivity index (χ4v) is 3.52. The zero-order valence-electron chi connectivity index (χ0n) is 17.7. The minimum absolute atomic E-state index is 0.0106. The van der Waals surface area contributed by atoms with E-state index in [1.807, 2.05) is 38.1 Å². The number of phenols is 1. The molecular weight excluding hydrogens is 392 g/mol. The number of aromatic nitrogens is 2. The molecule has 7 nitrogen and oxygen atoms in total. The van der Waals surface area contributed by atoms with Gasteiger partial charge in [0.1, 0.15) is 5.75 Å². The summed E-state index contributed by atoms with van der Waals surface area (Å²) < 4.78 is 1.41. The number of hydrogen-bond donors (Lipinski definition) is 3. The first-order chi connectivity index (χ1) is 15.0. The van der Waals surface area contributed by atoms with Crippen LogP contribution in [0.25, 0.3) is 11.3 Å². The predicted molar refractivity (Wildman–Crippen MR) is 120 cm³/mol. The van der Waals surface area contributed by atoms with Gasteiger partial charge in [0.05, 0.1) is 11.4 Å². The Morgan fingerprint density at radius 1 is 1.16 bits per heavy atom. The van der Waals surface area contributed by atoms with Gasteiger partial charge in [-0.15, -0.1) is 0 Å². The molecule has 7 heteroatoms. The van der Waals surface area contributed by atoms with E-state index in [1.54, 1.807) is 18.2 Å². The molecule has 0 bridgehead atoms. The zero-order chi connectivity index (χ0) is 22.0. The van der Waals surface area contributed by atoms with Crippen molar-refractivity contribution in [1.82, 2.24) is 15.1 Å². The van der Waals surface area contributed by atoms with Gasteiger partial charge in [-0.05, 0) is 56.0 Å². The van der Waals surface area contributed by atoms with Crippen LogP contribution in [0.2, 0.25) is 0 Å². The molecule has 0 radical (unpaired) electrons. The van der Waals surface area contributed by atoms with Crippen LogP contribution in [0.15, 0.2) is 48.5 Å². The van der Waals surface area contributed by atoms with E-state index in [1.165, 1.54) is 10.7 Å².